The van der Waals surface area contributed by atoms with Gasteiger partial charge in [0, 0.05) is 32.1 Å². The second-order valence-electron chi connectivity index (χ2n) is 7.76. The molecule has 3 aliphatic rings. The highest BCUT2D eigenvalue weighted by Crippen LogP contribution is 2.43. The van der Waals surface area contributed by atoms with Gasteiger partial charge in [-0.05, 0) is 49.7 Å². The Kier molecular flexibility index (Phi) is 4.20. The second kappa shape index (κ2) is 6.28. The van der Waals surface area contributed by atoms with Gasteiger partial charge < -0.3 is 9.80 Å². The van der Waals surface area contributed by atoms with Crippen LogP contribution in [0.3, 0.4) is 0 Å². The average molecular weight is 366 g/mol. The molecule has 140 valence electrons. The lowest BCUT2D eigenvalue weighted by molar-refractivity contribution is -0.139. The van der Waals surface area contributed by atoms with Crippen LogP contribution in [0, 0.1) is 22.9 Å². The van der Waals surface area contributed by atoms with Crippen LogP contribution in [0.4, 0.5) is 13.2 Å². The lowest BCUT2D eigenvalue weighted by Crippen LogP contribution is -2.53. The van der Waals surface area contributed by atoms with E-state index in [1.54, 1.807) is 0 Å². The van der Waals surface area contributed by atoms with Crippen molar-refractivity contribution in [3.05, 3.63) is 35.1 Å². The van der Waals surface area contributed by atoms with Gasteiger partial charge in [-0.2, -0.15) is 0 Å². The van der Waals surface area contributed by atoms with Gasteiger partial charge in [0.2, 0.25) is 5.91 Å². The molecule has 1 aromatic carbocycles. The number of hydrogen-bond acceptors (Lipinski definition) is 2. The molecule has 0 N–H and O–H groups in total. The molecule has 4 nitrogen and oxygen atoms in total. The van der Waals surface area contributed by atoms with Gasteiger partial charge in [0.05, 0.1) is 0 Å². The van der Waals surface area contributed by atoms with Gasteiger partial charge in [-0.3, -0.25) is 9.59 Å². The van der Waals surface area contributed by atoms with E-state index in [4.69, 9.17) is 0 Å². The van der Waals surface area contributed by atoms with Gasteiger partial charge in [-0.1, -0.05) is 0 Å². The highest BCUT2D eigenvalue weighted by Gasteiger charge is 2.45. The van der Waals surface area contributed by atoms with E-state index in [2.05, 4.69) is 0 Å². The van der Waals surface area contributed by atoms with Crippen LogP contribution < -0.4 is 0 Å². The molecule has 2 aliphatic heterocycles. The summed E-state index contributed by atoms with van der Waals surface area (Å²) in [7, 11) is 0. The van der Waals surface area contributed by atoms with E-state index in [1.165, 1.54) is 4.90 Å². The molecule has 26 heavy (non-hydrogen) atoms. The fourth-order valence-corrected chi connectivity index (χ4v) is 4.24. The molecule has 0 unspecified atom stereocenters. The predicted molar refractivity (Wildman–Crippen MR) is 87.9 cm³/mol. The first-order chi connectivity index (χ1) is 12.4. The second-order valence-corrected chi connectivity index (χ2v) is 7.76. The summed E-state index contributed by atoms with van der Waals surface area (Å²) in [5, 5.41) is 0. The minimum atomic E-state index is -1.43. The highest BCUT2D eigenvalue weighted by atomic mass is 19.2. The minimum Gasteiger partial charge on any atom is -0.339 e. The number of benzene rings is 1. The molecule has 1 spiro atoms. The molecule has 0 aromatic heterocycles. The fourth-order valence-electron chi connectivity index (χ4n) is 4.24. The first kappa shape index (κ1) is 17.4. The van der Waals surface area contributed by atoms with E-state index in [9.17, 15) is 22.8 Å². The third-order valence-corrected chi connectivity index (χ3v) is 6.05. The zero-order valence-electron chi connectivity index (χ0n) is 14.4. The minimum absolute atomic E-state index is 0.0215. The summed E-state index contributed by atoms with van der Waals surface area (Å²) in [6, 6.07) is 1.82. The van der Waals surface area contributed by atoms with Crippen LogP contribution in [0.5, 0.6) is 0 Å². The molecule has 1 aromatic rings. The van der Waals surface area contributed by atoms with Crippen molar-refractivity contribution in [2.45, 2.75) is 44.6 Å². The maximum absolute atomic E-state index is 13.9. The molecule has 2 amide bonds. The first-order valence-corrected chi connectivity index (χ1v) is 9.12. The number of nitrogens with zero attached hydrogens (tertiary/aromatic N) is 2. The SMILES string of the molecule is O=C(c1c(F)ccc(F)c1F)N1CCC2(CCC(=O)N(C3CC3)C2)CC1. The summed E-state index contributed by atoms with van der Waals surface area (Å²) in [6.45, 7) is 1.43. The summed E-state index contributed by atoms with van der Waals surface area (Å²) >= 11 is 0. The molecular weight excluding hydrogens is 345 g/mol. The van der Waals surface area contributed by atoms with Gasteiger partial charge in [0.1, 0.15) is 11.4 Å². The maximum atomic E-state index is 13.9. The van der Waals surface area contributed by atoms with Gasteiger partial charge in [-0.15, -0.1) is 0 Å². The van der Waals surface area contributed by atoms with Crippen molar-refractivity contribution in [2.24, 2.45) is 5.41 Å². The van der Waals surface area contributed by atoms with Crippen molar-refractivity contribution < 1.29 is 22.8 Å². The number of rotatable bonds is 2. The predicted octanol–water partition coefficient (Wildman–Crippen LogP) is 3.11. The number of carbonyl (C=O) groups is 2. The molecule has 7 heteroatoms. The van der Waals surface area contributed by atoms with Gasteiger partial charge in [0.15, 0.2) is 11.6 Å². The number of hydrogen-bond donors (Lipinski definition) is 0. The number of piperidine rings is 2. The Morgan fingerprint density at radius 2 is 1.69 bits per heavy atom. The topological polar surface area (TPSA) is 40.6 Å². The summed E-state index contributed by atoms with van der Waals surface area (Å²) in [5.41, 5.74) is -0.842. The molecule has 0 radical (unpaired) electrons. The van der Waals surface area contributed by atoms with Crippen molar-refractivity contribution in [2.75, 3.05) is 19.6 Å². The molecule has 2 heterocycles. The molecule has 2 saturated heterocycles. The fraction of sp³-hybridized carbons (Fsp3) is 0.579. The van der Waals surface area contributed by atoms with Crippen molar-refractivity contribution in [3.8, 4) is 0 Å². The average Bonchev–Trinajstić information content (AvgIpc) is 3.46. The van der Waals surface area contributed by atoms with E-state index < -0.39 is 28.9 Å². The third-order valence-electron chi connectivity index (χ3n) is 6.05. The Morgan fingerprint density at radius 3 is 2.35 bits per heavy atom. The van der Waals surface area contributed by atoms with Crippen LogP contribution in [-0.2, 0) is 4.79 Å². The molecule has 4 rings (SSSR count). The maximum Gasteiger partial charge on any atom is 0.259 e. The Hall–Kier alpha value is -2.05. The summed E-state index contributed by atoms with van der Waals surface area (Å²) < 4.78 is 41.2. The zero-order chi connectivity index (χ0) is 18.5. The first-order valence-electron chi connectivity index (χ1n) is 9.12. The number of likely N-dealkylation sites (tertiary alicyclic amines) is 2. The van der Waals surface area contributed by atoms with E-state index in [0.717, 1.165) is 25.3 Å². The standard InChI is InChI=1S/C19H21F3N2O2/c20-13-3-4-14(21)17(22)16(13)18(26)23-9-7-19(8-10-23)6-5-15(25)24(11-19)12-1-2-12/h3-4,12H,1-2,5-11H2. The van der Waals surface area contributed by atoms with Crippen LogP contribution in [0.2, 0.25) is 0 Å². The number of carbonyl (C=O) groups excluding carboxylic acids is 2. The van der Waals surface area contributed by atoms with Crippen molar-refractivity contribution in [1.82, 2.24) is 9.80 Å². The monoisotopic (exact) mass is 366 g/mol. The molecule has 1 saturated carbocycles. The smallest absolute Gasteiger partial charge is 0.259 e. The highest BCUT2D eigenvalue weighted by molar-refractivity contribution is 5.95. The van der Waals surface area contributed by atoms with Gasteiger partial charge in [-0.25, -0.2) is 13.2 Å². The van der Waals surface area contributed by atoms with Crippen LogP contribution in [0.25, 0.3) is 0 Å². The summed E-state index contributed by atoms with van der Waals surface area (Å²) in [5.74, 6) is -4.30. The van der Waals surface area contributed by atoms with Crippen molar-refractivity contribution >= 4 is 11.8 Å². The molecule has 3 fully saturated rings. The Balaban J connectivity index is 1.46. The lowest BCUT2D eigenvalue weighted by Gasteiger charge is -2.47. The van der Waals surface area contributed by atoms with E-state index >= 15 is 0 Å². The molecule has 0 bridgehead atoms. The number of halogens is 3. The van der Waals surface area contributed by atoms with Crippen LogP contribution >= 0.6 is 0 Å². The Morgan fingerprint density at radius 1 is 1.04 bits per heavy atom. The molecule has 1 aliphatic carbocycles. The Labute approximate surface area is 149 Å². The quantitative estimate of drug-likeness (QED) is 0.755. The van der Waals surface area contributed by atoms with Crippen molar-refractivity contribution in [1.29, 1.82) is 0 Å². The molecular formula is C19H21F3N2O2. The van der Waals surface area contributed by atoms with Crippen LogP contribution in [-0.4, -0.2) is 47.3 Å². The van der Waals surface area contributed by atoms with Gasteiger partial charge >= 0.3 is 0 Å². The van der Waals surface area contributed by atoms with Crippen LogP contribution in [0.1, 0.15) is 48.9 Å². The normalized spacial score (nSPS) is 22.8. The van der Waals surface area contributed by atoms with Crippen molar-refractivity contribution in [3.63, 3.8) is 0 Å². The number of amides is 2. The Bertz CT molecular complexity index is 755. The van der Waals surface area contributed by atoms with E-state index in [1.807, 2.05) is 4.90 Å². The van der Waals surface area contributed by atoms with E-state index in [0.29, 0.717) is 51.0 Å². The van der Waals surface area contributed by atoms with Gasteiger partial charge in [0.25, 0.3) is 5.91 Å². The zero-order valence-corrected chi connectivity index (χ0v) is 14.4. The van der Waals surface area contributed by atoms with E-state index in [-0.39, 0.29) is 11.3 Å². The third kappa shape index (κ3) is 2.97. The summed E-state index contributed by atoms with van der Waals surface area (Å²) in [4.78, 5) is 28.0. The largest absolute Gasteiger partial charge is 0.339 e. The summed E-state index contributed by atoms with van der Waals surface area (Å²) in [6.07, 6.45) is 4.81. The lowest BCUT2D eigenvalue weighted by atomic mass is 9.72. The van der Waals surface area contributed by atoms with Crippen LogP contribution in [0.15, 0.2) is 12.1 Å². The molecule has 0 atom stereocenters.